The van der Waals surface area contributed by atoms with Crippen LogP contribution < -0.4 is 0 Å². The molecule has 0 unspecified atom stereocenters. The fraction of sp³-hybridized carbons (Fsp3) is 0.294. The number of carbonyl (C=O) groups excluding carboxylic acids is 1. The summed E-state index contributed by atoms with van der Waals surface area (Å²) < 4.78 is 43.7. The molecule has 26 heavy (non-hydrogen) atoms. The Balaban J connectivity index is 0.00000163. The maximum absolute atomic E-state index is 13.1. The second-order valence-electron chi connectivity index (χ2n) is 4.52. The highest BCUT2D eigenvalue weighted by atomic mass is 35.5. The first-order valence-corrected chi connectivity index (χ1v) is 9.37. The van der Waals surface area contributed by atoms with E-state index in [0.717, 1.165) is 17.8 Å². The molecule has 0 atom stereocenters. The number of aromatic nitrogens is 1. The number of hydrogen-bond donors (Lipinski definition) is 0. The molecule has 0 saturated carbocycles. The summed E-state index contributed by atoms with van der Waals surface area (Å²) in [5.74, 6) is -0.755. The van der Waals surface area contributed by atoms with Crippen LogP contribution >= 0.6 is 35.0 Å². The number of pyridine rings is 1. The van der Waals surface area contributed by atoms with Crippen LogP contribution in [0, 0.1) is 0 Å². The third kappa shape index (κ3) is 4.84. The van der Waals surface area contributed by atoms with Crippen molar-refractivity contribution in [3.8, 4) is 11.3 Å². The summed E-state index contributed by atoms with van der Waals surface area (Å²) in [7, 11) is 1.17. The Morgan fingerprint density at radius 2 is 1.77 bits per heavy atom. The summed E-state index contributed by atoms with van der Waals surface area (Å²) in [5, 5.41) is -0.0262. The number of thioether (sulfide) groups is 1. The number of carbonyl (C=O) groups is 1. The first-order valence-electron chi connectivity index (χ1n) is 7.39. The van der Waals surface area contributed by atoms with Crippen molar-refractivity contribution >= 4 is 40.9 Å². The van der Waals surface area contributed by atoms with Gasteiger partial charge in [0, 0.05) is 10.5 Å². The van der Waals surface area contributed by atoms with Crippen molar-refractivity contribution in [3.05, 3.63) is 45.6 Å². The fourth-order valence-electron chi connectivity index (χ4n) is 2.01. The van der Waals surface area contributed by atoms with Crippen LogP contribution in [0.4, 0.5) is 13.2 Å². The van der Waals surface area contributed by atoms with Crippen LogP contribution in [0.25, 0.3) is 11.3 Å². The summed E-state index contributed by atoms with van der Waals surface area (Å²) >= 11 is 12.9. The van der Waals surface area contributed by atoms with Gasteiger partial charge in [-0.05, 0) is 24.5 Å². The molecular formula is C17H16Cl2F3NO2S. The molecule has 0 amide bonds. The highest BCUT2D eigenvalue weighted by Crippen LogP contribution is 2.43. The van der Waals surface area contributed by atoms with Crippen LogP contribution in [0.3, 0.4) is 0 Å². The first kappa shape index (κ1) is 22.6. The highest BCUT2D eigenvalue weighted by molar-refractivity contribution is 7.98. The molecule has 1 aromatic carbocycles. The zero-order valence-electron chi connectivity index (χ0n) is 14.4. The minimum atomic E-state index is -4.52. The lowest BCUT2D eigenvalue weighted by atomic mass is 10.1. The predicted molar refractivity (Wildman–Crippen MR) is 99.2 cm³/mol. The number of halogens is 5. The van der Waals surface area contributed by atoms with E-state index in [9.17, 15) is 18.0 Å². The second-order valence-corrected chi connectivity index (χ2v) is 6.13. The quantitative estimate of drug-likeness (QED) is 0.409. The van der Waals surface area contributed by atoms with E-state index in [1.54, 1.807) is 0 Å². The molecule has 0 bridgehead atoms. The molecule has 2 aromatic rings. The van der Waals surface area contributed by atoms with E-state index in [2.05, 4.69) is 9.72 Å². The van der Waals surface area contributed by atoms with Crippen LogP contribution in [0.5, 0.6) is 0 Å². The Labute approximate surface area is 163 Å². The molecule has 0 aliphatic heterocycles. The molecule has 0 aliphatic carbocycles. The van der Waals surface area contributed by atoms with Crippen LogP contribution in [-0.4, -0.2) is 24.3 Å². The summed E-state index contributed by atoms with van der Waals surface area (Å²) in [6.45, 7) is 4.00. The van der Waals surface area contributed by atoms with E-state index in [-0.39, 0.29) is 31.9 Å². The van der Waals surface area contributed by atoms with Gasteiger partial charge in [0.05, 0.1) is 28.4 Å². The SMILES string of the molecule is CC.COC(=O)c1nc(-c2ccc(C(F)(F)F)c(SC)c2Cl)ccc1Cl. The summed E-state index contributed by atoms with van der Waals surface area (Å²) in [4.78, 5) is 15.6. The predicted octanol–water partition coefficient (Wildman–Crippen LogP) is 6.61. The van der Waals surface area contributed by atoms with E-state index < -0.39 is 17.7 Å². The van der Waals surface area contributed by atoms with E-state index >= 15 is 0 Å². The number of nitrogens with zero attached hydrogens (tertiary/aromatic N) is 1. The Morgan fingerprint density at radius 3 is 2.27 bits per heavy atom. The van der Waals surface area contributed by atoms with Gasteiger partial charge in [-0.25, -0.2) is 9.78 Å². The molecule has 0 radical (unpaired) electrons. The Hall–Kier alpha value is -1.44. The van der Waals surface area contributed by atoms with Gasteiger partial charge in [-0.2, -0.15) is 13.2 Å². The smallest absolute Gasteiger partial charge is 0.417 e. The molecule has 1 heterocycles. The molecule has 2 rings (SSSR count). The number of rotatable bonds is 3. The Morgan fingerprint density at radius 1 is 1.15 bits per heavy atom. The van der Waals surface area contributed by atoms with Crippen LogP contribution in [0.1, 0.15) is 29.9 Å². The summed E-state index contributed by atoms with van der Waals surface area (Å²) in [6, 6.07) is 5.01. The van der Waals surface area contributed by atoms with Crippen molar-refractivity contribution in [2.24, 2.45) is 0 Å². The Kier molecular flexibility index (Phi) is 8.24. The van der Waals surface area contributed by atoms with Gasteiger partial charge in [0.2, 0.25) is 0 Å². The number of ether oxygens (including phenoxy) is 1. The number of hydrogen-bond acceptors (Lipinski definition) is 4. The maximum Gasteiger partial charge on any atom is 0.417 e. The molecule has 0 saturated heterocycles. The standard InChI is InChI=1S/C15H10Cl2F3NO2S.C2H6/c1-23-14(22)12-9(16)5-6-10(21-12)7-3-4-8(15(18,19)20)13(24-2)11(7)17;1-2/h3-6H,1-2H3;1-2H3. The number of methoxy groups -OCH3 is 1. The minimum absolute atomic E-state index is 0.0683. The lowest BCUT2D eigenvalue weighted by molar-refractivity contribution is -0.139. The average Bonchev–Trinajstić information content (AvgIpc) is 2.62. The van der Waals surface area contributed by atoms with E-state index in [0.29, 0.717) is 0 Å². The highest BCUT2D eigenvalue weighted by Gasteiger charge is 2.35. The van der Waals surface area contributed by atoms with E-state index in [1.807, 2.05) is 13.8 Å². The molecule has 9 heteroatoms. The van der Waals surface area contributed by atoms with Crippen LogP contribution in [0.2, 0.25) is 10.0 Å². The zero-order valence-corrected chi connectivity index (χ0v) is 16.7. The van der Waals surface area contributed by atoms with Crippen molar-refractivity contribution in [1.82, 2.24) is 4.98 Å². The molecule has 142 valence electrons. The molecule has 3 nitrogen and oxygen atoms in total. The van der Waals surface area contributed by atoms with Crippen molar-refractivity contribution in [2.45, 2.75) is 24.9 Å². The number of benzene rings is 1. The molecule has 0 fully saturated rings. The number of alkyl halides is 3. The van der Waals surface area contributed by atoms with Gasteiger partial charge in [-0.1, -0.05) is 43.1 Å². The summed E-state index contributed by atoms with van der Waals surface area (Å²) in [6.07, 6.45) is -3.03. The average molecular weight is 426 g/mol. The van der Waals surface area contributed by atoms with Gasteiger partial charge >= 0.3 is 12.1 Å². The van der Waals surface area contributed by atoms with Crippen molar-refractivity contribution in [3.63, 3.8) is 0 Å². The fourth-order valence-corrected chi connectivity index (χ4v) is 3.38. The van der Waals surface area contributed by atoms with Crippen molar-refractivity contribution in [2.75, 3.05) is 13.4 Å². The van der Waals surface area contributed by atoms with Gasteiger partial charge in [0.1, 0.15) is 0 Å². The van der Waals surface area contributed by atoms with Crippen LogP contribution in [0.15, 0.2) is 29.2 Å². The lowest BCUT2D eigenvalue weighted by Crippen LogP contribution is -2.08. The van der Waals surface area contributed by atoms with E-state index in [4.69, 9.17) is 23.2 Å². The van der Waals surface area contributed by atoms with Crippen molar-refractivity contribution in [1.29, 1.82) is 0 Å². The number of esters is 1. The molecular weight excluding hydrogens is 410 g/mol. The third-order valence-corrected chi connectivity index (χ3v) is 4.75. The van der Waals surface area contributed by atoms with Crippen molar-refractivity contribution < 1.29 is 22.7 Å². The van der Waals surface area contributed by atoms with Gasteiger partial charge in [0.25, 0.3) is 0 Å². The molecule has 0 spiro atoms. The van der Waals surface area contributed by atoms with Gasteiger partial charge in [-0.15, -0.1) is 11.8 Å². The third-order valence-electron chi connectivity index (χ3n) is 3.11. The summed E-state index contributed by atoms with van der Waals surface area (Å²) in [5.41, 5.74) is -0.492. The normalized spacial score (nSPS) is 10.8. The van der Waals surface area contributed by atoms with Crippen LogP contribution in [-0.2, 0) is 10.9 Å². The molecule has 0 aliphatic rings. The monoisotopic (exact) mass is 425 g/mol. The zero-order chi connectivity index (χ0) is 20.1. The second kappa shape index (κ2) is 9.48. The van der Waals surface area contributed by atoms with Gasteiger partial charge < -0.3 is 4.74 Å². The first-order chi connectivity index (χ1) is 12.2. The lowest BCUT2D eigenvalue weighted by Gasteiger charge is -2.15. The molecule has 0 N–H and O–H groups in total. The van der Waals surface area contributed by atoms with Gasteiger partial charge in [0.15, 0.2) is 5.69 Å². The largest absolute Gasteiger partial charge is 0.464 e. The topological polar surface area (TPSA) is 39.2 Å². The Bertz CT molecular complexity index is 798. The maximum atomic E-state index is 13.1. The molecule has 1 aromatic heterocycles. The van der Waals surface area contributed by atoms with Gasteiger partial charge in [-0.3, -0.25) is 0 Å². The minimum Gasteiger partial charge on any atom is -0.464 e. The van der Waals surface area contributed by atoms with E-state index in [1.165, 1.54) is 31.6 Å².